The van der Waals surface area contributed by atoms with Gasteiger partial charge < -0.3 is 5.32 Å². The Hall–Kier alpha value is 0.240. The molecule has 0 aromatic carbocycles. The molecule has 4 fully saturated rings. The van der Waals surface area contributed by atoms with E-state index in [1.165, 1.54) is 32.1 Å². The molecule has 4 saturated carbocycles. The summed E-state index contributed by atoms with van der Waals surface area (Å²) in [7, 11) is 0. The van der Waals surface area contributed by atoms with Crippen molar-refractivity contribution in [3.8, 4) is 0 Å². The summed E-state index contributed by atoms with van der Waals surface area (Å²) >= 11 is 10.2. The highest BCUT2D eigenvalue weighted by atomic mass is 79.9. The average molecular weight is 363 g/mol. The fraction of sp³-hybridized carbons (Fsp3) is 0.938. The van der Waals surface area contributed by atoms with Crippen LogP contribution in [0.1, 0.15) is 57.8 Å². The van der Waals surface area contributed by atoms with Crippen LogP contribution in [0.4, 0.5) is 0 Å². The fourth-order valence-corrected chi connectivity index (χ4v) is 6.41. The van der Waals surface area contributed by atoms with E-state index in [-0.39, 0.29) is 10.8 Å². The van der Waals surface area contributed by atoms with E-state index in [2.05, 4.69) is 21.2 Å². The Morgan fingerprint density at radius 1 is 1.20 bits per heavy atom. The second-order valence-electron chi connectivity index (χ2n) is 7.53. The first-order valence-electron chi connectivity index (χ1n) is 8.04. The van der Waals surface area contributed by atoms with E-state index in [1.54, 1.807) is 0 Å². The maximum atomic E-state index is 11.9. The van der Waals surface area contributed by atoms with Crippen molar-refractivity contribution in [1.29, 1.82) is 0 Å². The Labute approximate surface area is 135 Å². The van der Waals surface area contributed by atoms with E-state index in [9.17, 15) is 4.79 Å². The van der Waals surface area contributed by atoms with Gasteiger partial charge in [0.1, 0.15) is 0 Å². The van der Waals surface area contributed by atoms with Crippen LogP contribution in [-0.2, 0) is 4.79 Å². The third kappa shape index (κ3) is 3.19. The molecule has 0 spiro atoms. The molecule has 20 heavy (non-hydrogen) atoms. The van der Waals surface area contributed by atoms with Gasteiger partial charge in [0.25, 0.3) is 0 Å². The normalized spacial score (nSPS) is 41.9. The van der Waals surface area contributed by atoms with Crippen LogP contribution in [0.25, 0.3) is 0 Å². The predicted octanol–water partition coefficient (Wildman–Crippen LogP) is 4.25. The molecule has 0 radical (unpaired) electrons. The van der Waals surface area contributed by atoms with Gasteiger partial charge in [0, 0.05) is 23.2 Å². The number of alkyl halides is 2. The minimum absolute atomic E-state index is 0.0603. The first-order chi connectivity index (χ1) is 9.53. The van der Waals surface area contributed by atoms with Crippen LogP contribution >= 0.6 is 27.5 Å². The van der Waals surface area contributed by atoms with E-state index >= 15 is 0 Å². The Morgan fingerprint density at radius 2 is 1.90 bits per heavy atom. The van der Waals surface area contributed by atoms with Crippen LogP contribution in [0.2, 0.25) is 0 Å². The molecule has 4 heteroatoms. The molecule has 4 aliphatic carbocycles. The molecule has 2 atom stereocenters. The van der Waals surface area contributed by atoms with E-state index in [1.807, 2.05) is 0 Å². The number of unbranched alkanes of at least 4 members (excludes halogenated alkanes) is 1. The molecule has 0 saturated heterocycles. The van der Waals surface area contributed by atoms with E-state index in [4.69, 9.17) is 11.6 Å². The molecular formula is C16H25BrClNO. The zero-order chi connectivity index (χ0) is 14.2. The molecule has 1 N–H and O–H groups in total. The lowest BCUT2D eigenvalue weighted by molar-refractivity contribution is -0.123. The molecule has 0 aromatic heterocycles. The molecule has 0 heterocycles. The van der Waals surface area contributed by atoms with Crippen molar-refractivity contribution in [3.63, 3.8) is 0 Å². The van der Waals surface area contributed by atoms with Crippen LogP contribution < -0.4 is 5.32 Å². The Kier molecular flexibility index (Phi) is 4.39. The summed E-state index contributed by atoms with van der Waals surface area (Å²) in [5.41, 5.74) is 0.316. The van der Waals surface area contributed by atoms with E-state index in [0.717, 1.165) is 43.0 Å². The smallest absolute Gasteiger partial charge is 0.220 e. The van der Waals surface area contributed by atoms with Crippen molar-refractivity contribution in [1.82, 2.24) is 5.32 Å². The molecule has 1 amide bonds. The summed E-state index contributed by atoms with van der Waals surface area (Å²) in [4.78, 5) is 12.0. The highest BCUT2D eigenvalue weighted by Gasteiger charge is 2.56. The van der Waals surface area contributed by atoms with Gasteiger partial charge in [-0.25, -0.2) is 0 Å². The summed E-state index contributed by atoms with van der Waals surface area (Å²) < 4.78 is 0. The van der Waals surface area contributed by atoms with Gasteiger partial charge in [0.05, 0.1) is 0 Å². The average Bonchev–Trinajstić information content (AvgIpc) is 2.34. The molecule has 114 valence electrons. The monoisotopic (exact) mass is 361 g/mol. The van der Waals surface area contributed by atoms with Crippen LogP contribution in [0.15, 0.2) is 0 Å². The van der Waals surface area contributed by atoms with Gasteiger partial charge in [0.2, 0.25) is 5.91 Å². The van der Waals surface area contributed by atoms with Gasteiger partial charge in [-0.15, -0.1) is 11.6 Å². The standard InChI is InChI=1S/C16H25BrClNO/c17-4-2-1-3-14(20)19-11-15-6-12-5-13(7-15)9-16(18,8-12)10-15/h12-13H,1-11H2,(H,19,20). The highest BCUT2D eigenvalue weighted by molar-refractivity contribution is 9.09. The summed E-state index contributed by atoms with van der Waals surface area (Å²) in [6, 6.07) is 0. The third-order valence-electron chi connectivity index (χ3n) is 5.56. The van der Waals surface area contributed by atoms with Crippen molar-refractivity contribution in [2.45, 2.75) is 62.7 Å². The quantitative estimate of drug-likeness (QED) is 0.555. The van der Waals surface area contributed by atoms with Crippen molar-refractivity contribution in [3.05, 3.63) is 0 Å². The SMILES string of the molecule is O=C(CCCCBr)NCC12CC3CC(CC(Cl)(C3)C1)C2. The number of nitrogens with one attached hydrogen (secondary N) is 1. The van der Waals surface area contributed by atoms with Gasteiger partial charge in [-0.05, 0) is 68.6 Å². The first-order valence-corrected chi connectivity index (χ1v) is 9.54. The number of carbonyl (C=O) groups is 1. The maximum Gasteiger partial charge on any atom is 0.220 e. The molecule has 2 unspecified atom stereocenters. The number of halogens is 2. The van der Waals surface area contributed by atoms with Gasteiger partial charge in [0.15, 0.2) is 0 Å². The van der Waals surface area contributed by atoms with Gasteiger partial charge in [-0.3, -0.25) is 4.79 Å². The zero-order valence-corrected chi connectivity index (χ0v) is 14.4. The summed E-state index contributed by atoms with van der Waals surface area (Å²) in [5, 5.41) is 4.19. The lowest BCUT2D eigenvalue weighted by atomic mass is 9.49. The maximum absolute atomic E-state index is 11.9. The summed E-state index contributed by atoms with van der Waals surface area (Å²) in [5.74, 6) is 1.86. The van der Waals surface area contributed by atoms with Crippen molar-refractivity contribution in [2.75, 3.05) is 11.9 Å². The minimum atomic E-state index is 0.0603. The molecule has 2 nitrogen and oxygen atoms in total. The van der Waals surface area contributed by atoms with Gasteiger partial charge in [-0.2, -0.15) is 0 Å². The number of amides is 1. The number of hydrogen-bond donors (Lipinski definition) is 1. The Balaban J connectivity index is 1.53. The molecular weight excluding hydrogens is 338 g/mol. The zero-order valence-electron chi connectivity index (χ0n) is 12.1. The number of carbonyl (C=O) groups excluding carboxylic acids is 1. The highest BCUT2D eigenvalue weighted by Crippen LogP contribution is 2.63. The molecule has 4 rings (SSSR count). The number of hydrogen-bond acceptors (Lipinski definition) is 1. The van der Waals surface area contributed by atoms with Crippen molar-refractivity contribution < 1.29 is 4.79 Å². The van der Waals surface area contributed by atoms with Crippen LogP contribution in [0.3, 0.4) is 0 Å². The van der Waals surface area contributed by atoms with Gasteiger partial charge in [-0.1, -0.05) is 15.9 Å². The Bertz CT molecular complexity index is 373. The molecule has 4 bridgehead atoms. The summed E-state index contributed by atoms with van der Waals surface area (Å²) in [6.45, 7) is 0.863. The second kappa shape index (κ2) is 5.79. The molecule has 0 aliphatic heterocycles. The van der Waals surface area contributed by atoms with Gasteiger partial charge >= 0.3 is 0 Å². The van der Waals surface area contributed by atoms with Crippen LogP contribution in [0.5, 0.6) is 0 Å². The van der Waals surface area contributed by atoms with Crippen molar-refractivity contribution in [2.24, 2.45) is 17.3 Å². The number of rotatable bonds is 6. The molecule has 0 aromatic rings. The second-order valence-corrected chi connectivity index (χ2v) is 9.13. The van der Waals surface area contributed by atoms with Crippen LogP contribution in [0, 0.1) is 17.3 Å². The third-order valence-corrected chi connectivity index (χ3v) is 6.56. The largest absolute Gasteiger partial charge is 0.356 e. The van der Waals surface area contributed by atoms with Crippen LogP contribution in [-0.4, -0.2) is 22.7 Å². The topological polar surface area (TPSA) is 29.1 Å². The minimum Gasteiger partial charge on any atom is -0.356 e. The van der Waals surface area contributed by atoms with E-state index in [0.29, 0.717) is 11.8 Å². The molecule has 4 aliphatic rings. The fourth-order valence-electron chi connectivity index (χ4n) is 5.30. The lowest BCUT2D eigenvalue weighted by Gasteiger charge is -2.60. The Morgan fingerprint density at radius 3 is 2.50 bits per heavy atom. The lowest BCUT2D eigenvalue weighted by Crippen LogP contribution is -2.56. The predicted molar refractivity (Wildman–Crippen MR) is 86.4 cm³/mol. The van der Waals surface area contributed by atoms with E-state index < -0.39 is 0 Å². The summed E-state index contributed by atoms with van der Waals surface area (Å²) in [6.07, 6.45) is 10.2. The van der Waals surface area contributed by atoms with Crippen molar-refractivity contribution >= 4 is 33.4 Å². The first kappa shape index (κ1) is 15.1.